The molecule has 1 aliphatic heterocycles. The lowest BCUT2D eigenvalue weighted by Gasteiger charge is -2.34. The molecule has 0 spiro atoms. The minimum Gasteiger partial charge on any atom is -0.340 e. The largest absolute Gasteiger partial charge is 0.340 e. The van der Waals surface area contributed by atoms with E-state index in [9.17, 15) is 13.2 Å². The van der Waals surface area contributed by atoms with Crippen LogP contribution in [0.4, 0.5) is 0 Å². The van der Waals surface area contributed by atoms with Gasteiger partial charge in [0, 0.05) is 37.6 Å². The number of halogens is 1. The summed E-state index contributed by atoms with van der Waals surface area (Å²) >= 11 is 6.02. The topological polar surface area (TPSA) is 57.7 Å². The van der Waals surface area contributed by atoms with Crippen molar-refractivity contribution in [1.29, 1.82) is 0 Å². The van der Waals surface area contributed by atoms with E-state index in [2.05, 4.69) is 0 Å². The first-order valence-electron chi connectivity index (χ1n) is 6.93. The zero-order valence-corrected chi connectivity index (χ0v) is 13.5. The van der Waals surface area contributed by atoms with Gasteiger partial charge >= 0.3 is 0 Å². The van der Waals surface area contributed by atoms with E-state index in [1.54, 1.807) is 29.2 Å². The maximum Gasteiger partial charge on any atom is 0.222 e. The predicted octanol–water partition coefficient (Wildman–Crippen LogP) is 1.72. The third-order valence-corrected chi connectivity index (χ3v) is 5.78. The van der Waals surface area contributed by atoms with Crippen LogP contribution in [0, 0.1) is 0 Å². The molecule has 1 amide bonds. The van der Waals surface area contributed by atoms with Gasteiger partial charge in [0.1, 0.15) is 0 Å². The summed E-state index contributed by atoms with van der Waals surface area (Å²) in [5, 5.41) is 0.459. The normalized spacial score (nSPS) is 17.0. The van der Waals surface area contributed by atoms with Gasteiger partial charge in [-0.15, -0.1) is 0 Å². The molecule has 2 rings (SSSR count). The molecule has 1 fully saturated rings. The number of rotatable bonds is 4. The van der Waals surface area contributed by atoms with Gasteiger partial charge in [-0.3, -0.25) is 4.79 Å². The van der Waals surface area contributed by atoms with Crippen LogP contribution in [0.5, 0.6) is 0 Å². The Bertz CT molecular complexity index is 610. The number of benzene rings is 1. The molecule has 0 N–H and O–H groups in total. The van der Waals surface area contributed by atoms with Gasteiger partial charge in [0.05, 0.1) is 5.75 Å². The number of nitrogens with zero attached hydrogens (tertiary/aromatic N) is 2. The molecule has 1 aromatic carbocycles. The van der Waals surface area contributed by atoms with Gasteiger partial charge in [0.2, 0.25) is 15.9 Å². The second-order valence-electron chi connectivity index (χ2n) is 4.98. The van der Waals surface area contributed by atoms with Crippen molar-refractivity contribution in [2.24, 2.45) is 0 Å². The molecule has 116 valence electrons. The highest BCUT2D eigenvalue weighted by Gasteiger charge is 2.28. The number of carbonyl (C=O) groups excluding carboxylic acids is 1. The van der Waals surface area contributed by atoms with Crippen molar-refractivity contribution in [1.82, 2.24) is 9.21 Å². The van der Waals surface area contributed by atoms with E-state index < -0.39 is 10.0 Å². The zero-order chi connectivity index (χ0) is 15.5. The highest BCUT2D eigenvalue weighted by molar-refractivity contribution is 7.88. The van der Waals surface area contributed by atoms with Crippen LogP contribution >= 0.6 is 11.6 Å². The monoisotopic (exact) mass is 330 g/mol. The summed E-state index contributed by atoms with van der Waals surface area (Å²) in [6, 6.07) is 6.95. The van der Waals surface area contributed by atoms with Crippen LogP contribution in [-0.2, 0) is 20.6 Å². The third-order valence-electron chi connectivity index (χ3n) is 3.58. The summed E-state index contributed by atoms with van der Waals surface area (Å²) in [5.41, 5.74) is 0.603. The molecule has 0 unspecified atom stereocenters. The van der Waals surface area contributed by atoms with Gasteiger partial charge in [-0.05, 0) is 11.6 Å². The van der Waals surface area contributed by atoms with Crippen LogP contribution in [-0.4, -0.2) is 49.7 Å². The van der Waals surface area contributed by atoms with Crippen molar-refractivity contribution in [3.8, 4) is 0 Å². The smallest absolute Gasteiger partial charge is 0.222 e. The van der Waals surface area contributed by atoms with Crippen LogP contribution in [0.2, 0.25) is 5.02 Å². The van der Waals surface area contributed by atoms with E-state index in [0.29, 0.717) is 43.2 Å². The van der Waals surface area contributed by atoms with Crippen LogP contribution in [0.15, 0.2) is 24.3 Å². The molecule has 0 aliphatic carbocycles. The van der Waals surface area contributed by atoms with E-state index in [0.717, 1.165) is 0 Å². The number of carbonyl (C=O) groups is 1. The van der Waals surface area contributed by atoms with Gasteiger partial charge in [-0.25, -0.2) is 8.42 Å². The van der Waals surface area contributed by atoms with Crippen molar-refractivity contribution in [3.05, 3.63) is 34.9 Å². The van der Waals surface area contributed by atoms with Gasteiger partial charge in [0.15, 0.2) is 0 Å². The standard InChI is InChI=1S/C14H19ClN2O3S/c1-2-14(18)16-7-9-17(10-8-16)21(19,20)11-12-5-3-4-6-13(12)15/h3-6H,2,7-11H2,1H3. The Morgan fingerprint density at radius 1 is 1.19 bits per heavy atom. The molecule has 0 aromatic heterocycles. The van der Waals surface area contributed by atoms with Crippen molar-refractivity contribution in [2.75, 3.05) is 26.2 Å². The molecule has 0 saturated carbocycles. The van der Waals surface area contributed by atoms with E-state index in [4.69, 9.17) is 11.6 Å². The Balaban J connectivity index is 2.02. The minimum absolute atomic E-state index is 0.0677. The maximum atomic E-state index is 12.4. The lowest BCUT2D eigenvalue weighted by molar-refractivity contribution is -0.132. The quantitative estimate of drug-likeness (QED) is 0.844. The second-order valence-corrected chi connectivity index (χ2v) is 7.36. The molecule has 0 bridgehead atoms. The number of hydrogen-bond acceptors (Lipinski definition) is 3. The summed E-state index contributed by atoms with van der Waals surface area (Å²) in [5.74, 6) is -0.0350. The summed E-state index contributed by atoms with van der Waals surface area (Å²) in [7, 11) is -3.40. The fraction of sp³-hybridized carbons (Fsp3) is 0.500. The Kier molecular flexibility index (Phi) is 5.24. The second kappa shape index (κ2) is 6.77. The molecule has 0 atom stereocenters. The number of sulfonamides is 1. The fourth-order valence-electron chi connectivity index (χ4n) is 2.34. The Hall–Kier alpha value is -1.11. The van der Waals surface area contributed by atoms with Crippen molar-refractivity contribution in [3.63, 3.8) is 0 Å². The Morgan fingerprint density at radius 3 is 2.38 bits per heavy atom. The van der Waals surface area contributed by atoms with E-state index >= 15 is 0 Å². The summed E-state index contributed by atoms with van der Waals surface area (Å²) in [6.07, 6.45) is 0.451. The van der Waals surface area contributed by atoms with Crippen LogP contribution in [0.1, 0.15) is 18.9 Å². The number of amides is 1. The van der Waals surface area contributed by atoms with Crippen LogP contribution in [0.25, 0.3) is 0 Å². The molecule has 1 aliphatic rings. The molecule has 1 heterocycles. The third kappa shape index (κ3) is 3.96. The number of hydrogen-bond donors (Lipinski definition) is 0. The van der Waals surface area contributed by atoms with Crippen molar-refractivity contribution < 1.29 is 13.2 Å². The highest BCUT2D eigenvalue weighted by atomic mass is 35.5. The fourth-order valence-corrected chi connectivity index (χ4v) is 4.17. The summed E-state index contributed by atoms with van der Waals surface area (Å²) < 4.78 is 26.3. The summed E-state index contributed by atoms with van der Waals surface area (Å²) in [4.78, 5) is 13.3. The molecule has 0 radical (unpaired) electrons. The lowest BCUT2D eigenvalue weighted by Crippen LogP contribution is -2.50. The van der Waals surface area contributed by atoms with E-state index in [1.807, 2.05) is 6.92 Å². The molecule has 1 aromatic rings. The predicted molar refractivity (Wildman–Crippen MR) is 82.5 cm³/mol. The molecular formula is C14H19ClN2O3S. The molecular weight excluding hydrogens is 312 g/mol. The molecule has 5 nitrogen and oxygen atoms in total. The maximum absolute atomic E-state index is 12.4. The Morgan fingerprint density at radius 2 is 1.81 bits per heavy atom. The number of piperazine rings is 1. The zero-order valence-electron chi connectivity index (χ0n) is 12.0. The average molecular weight is 331 g/mol. The van der Waals surface area contributed by atoms with Gasteiger partial charge < -0.3 is 4.90 Å². The van der Waals surface area contributed by atoms with Crippen LogP contribution < -0.4 is 0 Å². The lowest BCUT2D eigenvalue weighted by atomic mass is 10.2. The molecule has 7 heteroatoms. The van der Waals surface area contributed by atoms with Gasteiger partial charge in [-0.1, -0.05) is 36.7 Å². The van der Waals surface area contributed by atoms with Gasteiger partial charge in [0.25, 0.3) is 0 Å². The van der Waals surface area contributed by atoms with Crippen molar-refractivity contribution >= 4 is 27.5 Å². The van der Waals surface area contributed by atoms with Crippen LogP contribution in [0.3, 0.4) is 0 Å². The van der Waals surface area contributed by atoms with E-state index in [1.165, 1.54) is 4.31 Å². The minimum atomic E-state index is -3.40. The molecule has 1 saturated heterocycles. The summed E-state index contributed by atoms with van der Waals surface area (Å²) in [6.45, 7) is 3.41. The van der Waals surface area contributed by atoms with E-state index in [-0.39, 0.29) is 11.7 Å². The SMILES string of the molecule is CCC(=O)N1CCN(S(=O)(=O)Cc2ccccc2Cl)CC1. The first kappa shape index (κ1) is 16.3. The first-order valence-corrected chi connectivity index (χ1v) is 8.91. The first-order chi connectivity index (χ1) is 9.94. The highest BCUT2D eigenvalue weighted by Crippen LogP contribution is 2.20. The average Bonchev–Trinajstić information content (AvgIpc) is 2.49. The Labute approximate surface area is 130 Å². The van der Waals surface area contributed by atoms with Gasteiger partial charge in [-0.2, -0.15) is 4.31 Å². The van der Waals surface area contributed by atoms with Crippen molar-refractivity contribution in [2.45, 2.75) is 19.1 Å². The molecule has 21 heavy (non-hydrogen) atoms.